The zero-order valence-corrected chi connectivity index (χ0v) is 42.6. The van der Waals surface area contributed by atoms with E-state index < -0.39 is 23.8 Å². The number of carbonyl (C=O) groups excluding carboxylic acids is 1. The van der Waals surface area contributed by atoms with Gasteiger partial charge in [0.1, 0.15) is 24.7 Å². The Kier molecular flexibility index (Phi) is 21.1. The lowest BCUT2D eigenvalue weighted by Gasteiger charge is -2.59. The molecule has 0 spiro atoms. The second kappa shape index (κ2) is 27.8. The number of amides is 1. The van der Waals surface area contributed by atoms with Gasteiger partial charge < -0.3 is 43.5 Å². The molecule has 1 saturated carbocycles. The lowest BCUT2D eigenvalue weighted by Crippen LogP contribution is -2.70. The van der Waals surface area contributed by atoms with E-state index in [1.165, 1.54) is 49.8 Å². The Morgan fingerprint density at radius 3 is 2.33 bits per heavy atom. The molecule has 0 saturated heterocycles. The molecule has 0 unspecified atom stereocenters. The zero-order valence-electron chi connectivity index (χ0n) is 41.7. The highest BCUT2D eigenvalue weighted by atomic mass is 32.2. The quantitative estimate of drug-likeness (QED) is 0.0276. The molecule has 2 aliphatic heterocycles. The number of unbranched alkanes of at least 4 members (excludes halogenated alkanes) is 11. The van der Waals surface area contributed by atoms with Crippen molar-refractivity contribution in [2.45, 2.75) is 145 Å². The third kappa shape index (κ3) is 13.6. The molecule has 0 aromatic heterocycles. The van der Waals surface area contributed by atoms with Crippen molar-refractivity contribution in [3.05, 3.63) is 102 Å². The van der Waals surface area contributed by atoms with Crippen LogP contribution in [0.4, 0.5) is 4.79 Å². The average molecular weight is 983 g/mol. The summed E-state index contributed by atoms with van der Waals surface area (Å²) in [5.41, 5.74) is 3.53. The van der Waals surface area contributed by atoms with Gasteiger partial charge >= 0.3 is 6.09 Å². The highest BCUT2D eigenvalue weighted by Gasteiger charge is 2.65. The third-order valence-electron chi connectivity index (χ3n) is 14.3. The van der Waals surface area contributed by atoms with Crippen LogP contribution in [0.15, 0.2) is 101 Å². The Morgan fingerprint density at radius 1 is 0.857 bits per heavy atom. The summed E-state index contributed by atoms with van der Waals surface area (Å²) >= 11 is 1.75. The predicted molar refractivity (Wildman–Crippen MR) is 276 cm³/mol. The molecule has 3 aromatic rings. The third-order valence-corrected chi connectivity index (χ3v) is 15.3. The Labute approximate surface area is 421 Å². The van der Waals surface area contributed by atoms with Crippen molar-refractivity contribution in [3.8, 4) is 23.0 Å². The normalized spacial score (nSPS) is 22.4. The van der Waals surface area contributed by atoms with Crippen LogP contribution >= 0.6 is 11.8 Å². The summed E-state index contributed by atoms with van der Waals surface area (Å²) in [5, 5.41) is 24.8. The summed E-state index contributed by atoms with van der Waals surface area (Å²) in [7, 11) is 1.56. The van der Waals surface area contributed by atoms with Gasteiger partial charge in [0, 0.05) is 48.3 Å². The van der Waals surface area contributed by atoms with Gasteiger partial charge in [-0.25, -0.2) is 4.79 Å². The van der Waals surface area contributed by atoms with E-state index >= 15 is 4.79 Å². The number of benzene rings is 3. The van der Waals surface area contributed by atoms with Crippen LogP contribution in [0.2, 0.25) is 0 Å². The van der Waals surface area contributed by atoms with Crippen molar-refractivity contribution in [2.24, 2.45) is 22.9 Å². The van der Waals surface area contributed by atoms with E-state index in [1.54, 1.807) is 29.8 Å². The number of allylic oxidation sites excluding steroid dienone is 1. The number of nitrogens with zero attached hydrogens (tertiary/aromatic N) is 2. The number of aliphatic hydroxyl groups is 2. The second-order valence-electron chi connectivity index (χ2n) is 19.1. The molecule has 0 radical (unpaired) electrons. The molecule has 12 nitrogen and oxygen atoms in total. The number of fused-ring (bicyclic) bond motifs is 3. The van der Waals surface area contributed by atoms with Crippen LogP contribution in [-0.2, 0) is 20.9 Å². The van der Waals surface area contributed by atoms with E-state index in [1.807, 2.05) is 48.5 Å². The van der Waals surface area contributed by atoms with Crippen molar-refractivity contribution in [3.63, 3.8) is 0 Å². The summed E-state index contributed by atoms with van der Waals surface area (Å²) in [6, 6.07) is 21.4. The summed E-state index contributed by atoms with van der Waals surface area (Å²) in [4.78, 5) is 23.7. The fraction of sp³-hybridized carbons (Fsp3) is 0.579. The molecular formula is C57H78N2O10S. The number of thioether (sulfide) groups is 1. The van der Waals surface area contributed by atoms with Gasteiger partial charge in [-0.1, -0.05) is 119 Å². The summed E-state index contributed by atoms with van der Waals surface area (Å²) in [6.07, 6.45) is 20.3. The lowest BCUT2D eigenvalue weighted by molar-refractivity contribution is -0.256. The van der Waals surface area contributed by atoms with E-state index in [0.717, 1.165) is 78.9 Å². The van der Waals surface area contributed by atoms with Crippen LogP contribution in [-0.4, -0.2) is 91.4 Å². The number of carbonyl (C=O) groups is 1. The molecular weight excluding hydrogens is 905 g/mol. The lowest BCUT2D eigenvalue weighted by atomic mass is 9.55. The second-order valence-corrected chi connectivity index (χ2v) is 20.2. The maximum atomic E-state index is 15.1. The molecule has 13 heteroatoms. The summed E-state index contributed by atoms with van der Waals surface area (Å²) in [5.74, 6) is 1.56. The highest BCUT2D eigenvalue weighted by Crippen LogP contribution is 2.62. The summed E-state index contributed by atoms with van der Waals surface area (Å²) < 4.78 is 39.0. The highest BCUT2D eigenvalue weighted by molar-refractivity contribution is 7.99. The van der Waals surface area contributed by atoms with E-state index in [2.05, 4.69) is 37.8 Å². The number of oxime groups is 1. The first kappa shape index (κ1) is 53.1. The fourth-order valence-electron chi connectivity index (χ4n) is 11.1. The maximum absolute atomic E-state index is 15.1. The van der Waals surface area contributed by atoms with Gasteiger partial charge in [-0.15, -0.1) is 18.3 Å². The van der Waals surface area contributed by atoms with E-state index in [0.29, 0.717) is 36.7 Å². The largest absolute Gasteiger partial charge is 0.493 e. The first-order valence-corrected chi connectivity index (χ1v) is 27.2. The molecule has 70 heavy (non-hydrogen) atoms. The maximum Gasteiger partial charge on any atom is 0.410 e. The monoisotopic (exact) mass is 983 g/mol. The van der Waals surface area contributed by atoms with Crippen LogP contribution in [0.3, 0.4) is 0 Å². The SMILES string of the molecule is C=CCO[C@@]12Oc3ccc(OCCSc4ccccc4)cc3[C@H]3[C@H](CCCCO)[C@@H](CCCCO)C=C(C(=NOC)C[C@@H]1N(Cc1ccc4c(c1)OCO4)C(=O)OCCCCCCCCCCCC)[C@H]32. The minimum absolute atomic E-state index is 0.0744. The number of aliphatic hydroxyl groups excluding tert-OH is 2. The number of hydrogen-bond acceptors (Lipinski definition) is 12. The van der Waals surface area contributed by atoms with Gasteiger partial charge in [0.25, 0.3) is 0 Å². The molecule has 6 atom stereocenters. The van der Waals surface area contributed by atoms with Crippen molar-refractivity contribution in [1.29, 1.82) is 0 Å². The Balaban J connectivity index is 1.27. The van der Waals surface area contributed by atoms with Gasteiger partial charge in [0.05, 0.1) is 31.5 Å². The molecule has 7 rings (SSSR count). The molecule has 2 N–H and O–H groups in total. The van der Waals surface area contributed by atoms with Crippen LogP contribution in [0, 0.1) is 17.8 Å². The number of ether oxygens (including phenoxy) is 6. The average Bonchev–Trinajstić information content (AvgIpc) is 3.85. The van der Waals surface area contributed by atoms with E-state index in [4.69, 9.17) is 38.4 Å². The standard InChI is InChI=1S/C57H78N2O10S/c1-4-6-7-8-9-10-11-12-13-21-33-65-56(62)59(40-42-26-28-51-52(36-42)67-41-66-51)53-39-49(58-63-3)47-37-43(22-17-19-30-60)46(25-18-20-31-61)54-48-38-44(64-34-35-70-45-23-15-14-16-24-45)27-29-50(48)69-57(53,55(47)54)68-32-5-2/h5,14-16,23-24,26-29,36-38,43,46,53-55,60-61H,2,4,6-13,17-22,25,30-35,39-41H2,1,3H3/t43-,46+,53-,54+,55+,57+/m0/s1. The molecule has 2 aliphatic carbocycles. The van der Waals surface area contributed by atoms with Gasteiger partial charge in [0.2, 0.25) is 12.6 Å². The molecule has 1 amide bonds. The molecule has 4 aliphatic rings. The smallest absolute Gasteiger partial charge is 0.410 e. The minimum Gasteiger partial charge on any atom is -0.493 e. The number of rotatable bonds is 31. The molecule has 1 fully saturated rings. The van der Waals surface area contributed by atoms with Crippen LogP contribution < -0.4 is 18.9 Å². The molecule has 382 valence electrons. The molecule has 2 heterocycles. The van der Waals surface area contributed by atoms with Gasteiger partial charge in [-0.2, -0.15) is 0 Å². The first-order valence-electron chi connectivity index (χ1n) is 26.2. The number of hydrogen-bond donors (Lipinski definition) is 2. The van der Waals surface area contributed by atoms with Gasteiger partial charge in [-0.3, -0.25) is 4.90 Å². The Morgan fingerprint density at radius 2 is 1.59 bits per heavy atom. The van der Waals surface area contributed by atoms with Gasteiger partial charge in [0.15, 0.2) is 11.5 Å². The van der Waals surface area contributed by atoms with E-state index in [-0.39, 0.29) is 63.9 Å². The van der Waals surface area contributed by atoms with Crippen molar-refractivity contribution in [1.82, 2.24) is 4.90 Å². The Hall–Kier alpha value is -4.69. The topological polar surface area (TPSA) is 138 Å². The molecule has 0 bridgehead atoms. The summed E-state index contributed by atoms with van der Waals surface area (Å²) in [6.45, 7) is 7.81. The predicted octanol–water partition coefficient (Wildman–Crippen LogP) is 12.4. The van der Waals surface area contributed by atoms with Crippen molar-refractivity contribution >= 4 is 23.6 Å². The fourth-order valence-corrected chi connectivity index (χ4v) is 11.8. The van der Waals surface area contributed by atoms with Crippen LogP contribution in [0.1, 0.15) is 133 Å². The van der Waals surface area contributed by atoms with Crippen molar-refractivity contribution < 1.29 is 48.3 Å². The molecule has 3 aromatic carbocycles. The Bertz CT molecular complexity index is 2150. The van der Waals surface area contributed by atoms with E-state index in [9.17, 15) is 10.2 Å². The van der Waals surface area contributed by atoms with Crippen LogP contribution in [0.25, 0.3) is 0 Å². The van der Waals surface area contributed by atoms with Crippen molar-refractivity contribution in [2.75, 3.05) is 52.7 Å². The van der Waals surface area contributed by atoms with Crippen LogP contribution in [0.5, 0.6) is 23.0 Å². The zero-order chi connectivity index (χ0) is 49.0. The van der Waals surface area contributed by atoms with Gasteiger partial charge in [-0.05, 0) is 97.5 Å². The minimum atomic E-state index is -1.43. The first-order chi connectivity index (χ1) is 34.4.